The van der Waals surface area contributed by atoms with E-state index in [9.17, 15) is 4.79 Å². The van der Waals surface area contributed by atoms with Gasteiger partial charge < -0.3 is 19.7 Å². The first-order valence-electron chi connectivity index (χ1n) is 8.83. The third-order valence-corrected chi connectivity index (χ3v) is 4.92. The number of methoxy groups -OCH3 is 2. The number of benzene rings is 1. The highest BCUT2D eigenvalue weighted by atomic mass is 35.5. The van der Waals surface area contributed by atoms with Crippen LogP contribution >= 0.6 is 11.6 Å². The fourth-order valence-electron chi connectivity index (χ4n) is 3.17. The van der Waals surface area contributed by atoms with E-state index >= 15 is 0 Å². The van der Waals surface area contributed by atoms with Crippen molar-refractivity contribution in [1.29, 1.82) is 0 Å². The minimum atomic E-state index is 0.00153. The van der Waals surface area contributed by atoms with Crippen molar-refractivity contribution in [1.82, 2.24) is 15.5 Å². The van der Waals surface area contributed by atoms with Gasteiger partial charge in [0.2, 0.25) is 5.91 Å². The van der Waals surface area contributed by atoms with Crippen molar-refractivity contribution in [3.63, 3.8) is 0 Å². The highest BCUT2D eigenvalue weighted by Crippen LogP contribution is 2.27. The van der Waals surface area contributed by atoms with Gasteiger partial charge in [0.1, 0.15) is 0 Å². The van der Waals surface area contributed by atoms with Crippen molar-refractivity contribution in [3.8, 4) is 11.5 Å². The SMILES string of the molecule is COc1ccc(CNC(=O)C2CCN(c3ccc(Cl)nn3)CC2)cc1OC. The van der Waals surface area contributed by atoms with E-state index in [1.807, 2.05) is 24.3 Å². The van der Waals surface area contributed by atoms with Crippen LogP contribution in [0.3, 0.4) is 0 Å². The molecular formula is C19H23ClN4O3. The lowest BCUT2D eigenvalue weighted by Crippen LogP contribution is -2.40. The number of rotatable bonds is 6. The summed E-state index contributed by atoms with van der Waals surface area (Å²) in [6, 6.07) is 9.22. The molecule has 0 unspecified atom stereocenters. The van der Waals surface area contributed by atoms with E-state index in [1.165, 1.54) is 0 Å². The van der Waals surface area contributed by atoms with Gasteiger partial charge in [-0.25, -0.2) is 0 Å². The quantitative estimate of drug-likeness (QED) is 0.817. The Hall–Kier alpha value is -2.54. The maximum Gasteiger partial charge on any atom is 0.223 e. The zero-order valence-corrected chi connectivity index (χ0v) is 16.2. The topological polar surface area (TPSA) is 76.6 Å². The van der Waals surface area contributed by atoms with Gasteiger partial charge in [-0.2, -0.15) is 0 Å². The molecule has 0 spiro atoms. The monoisotopic (exact) mass is 390 g/mol. The fraction of sp³-hybridized carbons (Fsp3) is 0.421. The third kappa shape index (κ3) is 4.80. The van der Waals surface area contributed by atoms with Crippen molar-refractivity contribution in [3.05, 3.63) is 41.0 Å². The number of ether oxygens (including phenoxy) is 2. The second-order valence-electron chi connectivity index (χ2n) is 6.38. The molecule has 0 aliphatic carbocycles. The van der Waals surface area contributed by atoms with E-state index in [0.717, 1.165) is 37.3 Å². The number of hydrogen-bond donors (Lipinski definition) is 1. The molecule has 1 aromatic carbocycles. The van der Waals surface area contributed by atoms with E-state index in [0.29, 0.717) is 23.2 Å². The first kappa shape index (κ1) is 19.2. The lowest BCUT2D eigenvalue weighted by molar-refractivity contribution is -0.125. The normalized spacial score (nSPS) is 14.7. The largest absolute Gasteiger partial charge is 0.493 e. The summed E-state index contributed by atoms with van der Waals surface area (Å²) in [5, 5.41) is 11.4. The van der Waals surface area contributed by atoms with E-state index < -0.39 is 0 Å². The molecule has 1 aliphatic rings. The number of aromatic nitrogens is 2. The highest BCUT2D eigenvalue weighted by molar-refractivity contribution is 6.29. The average Bonchev–Trinajstić information content (AvgIpc) is 2.72. The van der Waals surface area contributed by atoms with E-state index in [4.69, 9.17) is 21.1 Å². The molecule has 1 fully saturated rings. The Morgan fingerprint density at radius 2 is 1.89 bits per heavy atom. The second kappa shape index (κ2) is 8.90. The molecule has 0 saturated carbocycles. The molecule has 1 aromatic heterocycles. The predicted molar refractivity (Wildman–Crippen MR) is 103 cm³/mol. The molecule has 0 atom stereocenters. The zero-order valence-electron chi connectivity index (χ0n) is 15.4. The number of nitrogens with zero attached hydrogens (tertiary/aromatic N) is 3. The Kier molecular flexibility index (Phi) is 6.34. The summed E-state index contributed by atoms with van der Waals surface area (Å²) >= 11 is 5.78. The van der Waals surface area contributed by atoms with Gasteiger partial charge in [-0.3, -0.25) is 4.79 Å². The van der Waals surface area contributed by atoms with Crippen molar-refractivity contribution in [2.45, 2.75) is 19.4 Å². The van der Waals surface area contributed by atoms with Crippen molar-refractivity contribution < 1.29 is 14.3 Å². The maximum absolute atomic E-state index is 12.5. The van der Waals surface area contributed by atoms with Gasteiger partial charge in [0.25, 0.3) is 0 Å². The number of halogens is 1. The molecule has 1 saturated heterocycles. The summed E-state index contributed by atoms with van der Waals surface area (Å²) in [5.41, 5.74) is 0.967. The van der Waals surface area contributed by atoms with Crippen LogP contribution in [0.5, 0.6) is 11.5 Å². The Labute approximate surface area is 163 Å². The molecule has 2 heterocycles. The molecule has 2 aromatic rings. The molecule has 1 N–H and O–H groups in total. The number of nitrogens with one attached hydrogen (secondary N) is 1. The van der Waals surface area contributed by atoms with Crippen LogP contribution in [-0.2, 0) is 11.3 Å². The van der Waals surface area contributed by atoms with Gasteiger partial charge >= 0.3 is 0 Å². The molecule has 1 aliphatic heterocycles. The van der Waals surface area contributed by atoms with Crippen LogP contribution in [0.1, 0.15) is 18.4 Å². The lowest BCUT2D eigenvalue weighted by Gasteiger charge is -2.31. The summed E-state index contributed by atoms with van der Waals surface area (Å²) in [6.07, 6.45) is 1.56. The fourth-order valence-corrected chi connectivity index (χ4v) is 3.27. The summed E-state index contributed by atoms with van der Waals surface area (Å²) in [6.45, 7) is 2.00. The Bertz CT molecular complexity index is 777. The van der Waals surface area contributed by atoms with Crippen LogP contribution in [0, 0.1) is 5.92 Å². The predicted octanol–water partition coefficient (Wildman–Crippen LogP) is 2.68. The lowest BCUT2D eigenvalue weighted by atomic mass is 9.96. The van der Waals surface area contributed by atoms with Gasteiger partial charge in [0.15, 0.2) is 22.5 Å². The Morgan fingerprint density at radius 3 is 2.52 bits per heavy atom. The molecule has 8 heteroatoms. The molecular weight excluding hydrogens is 368 g/mol. The number of piperidine rings is 1. The molecule has 1 amide bonds. The van der Waals surface area contributed by atoms with Crippen molar-refractivity contribution in [2.75, 3.05) is 32.2 Å². The van der Waals surface area contributed by atoms with Gasteiger partial charge in [-0.05, 0) is 42.7 Å². The number of carbonyl (C=O) groups excluding carboxylic acids is 1. The smallest absolute Gasteiger partial charge is 0.223 e. The molecule has 0 radical (unpaired) electrons. The maximum atomic E-state index is 12.5. The third-order valence-electron chi connectivity index (χ3n) is 4.72. The van der Waals surface area contributed by atoms with Crippen molar-refractivity contribution in [2.24, 2.45) is 5.92 Å². The minimum absolute atomic E-state index is 0.00153. The van der Waals surface area contributed by atoms with Gasteiger partial charge in [0, 0.05) is 25.6 Å². The van der Waals surface area contributed by atoms with Crippen molar-refractivity contribution >= 4 is 23.3 Å². The molecule has 0 bridgehead atoms. The molecule has 3 rings (SSSR count). The first-order valence-corrected chi connectivity index (χ1v) is 9.21. The van der Waals surface area contributed by atoms with Crippen LogP contribution in [-0.4, -0.2) is 43.4 Å². The number of hydrogen-bond acceptors (Lipinski definition) is 6. The van der Waals surface area contributed by atoms with Crippen LogP contribution in [0.4, 0.5) is 5.82 Å². The molecule has 27 heavy (non-hydrogen) atoms. The average molecular weight is 391 g/mol. The zero-order chi connectivity index (χ0) is 19.2. The summed E-state index contributed by atoms with van der Waals surface area (Å²) in [4.78, 5) is 14.6. The summed E-state index contributed by atoms with van der Waals surface area (Å²) in [7, 11) is 3.19. The van der Waals surface area contributed by atoms with E-state index in [2.05, 4.69) is 20.4 Å². The standard InChI is InChI=1S/C19H23ClN4O3/c1-26-15-4-3-13(11-16(15)27-2)12-21-19(25)14-7-9-24(10-8-14)18-6-5-17(20)22-23-18/h3-6,11,14H,7-10,12H2,1-2H3,(H,21,25). The van der Waals surface area contributed by atoms with Gasteiger partial charge in [-0.1, -0.05) is 17.7 Å². The highest BCUT2D eigenvalue weighted by Gasteiger charge is 2.25. The Morgan fingerprint density at radius 1 is 1.15 bits per heavy atom. The minimum Gasteiger partial charge on any atom is -0.493 e. The van der Waals surface area contributed by atoms with Gasteiger partial charge in [0.05, 0.1) is 14.2 Å². The Balaban J connectivity index is 1.50. The van der Waals surface area contributed by atoms with Crippen LogP contribution < -0.4 is 19.7 Å². The second-order valence-corrected chi connectivity index (χ2v) is 6.77. The van der Waals surface area contributed by atoms with E-state index in [-0.39, 0.29) is 11.8 Å². The van der Waals surface area contributed by atoms with Crippen LogP contribution in [0.2, 0.25) is 5.15 Å². The number of amides is 1. The molecule has 7 nitrogen and oxygen atoms in total. The summed E-state index contributed by atoms with van der Waals surface area (Å²) in [5.74, 6) is 2.20. The number of carbonyl (C=O) groups is 1. The first-order chi connectivity index (χ1) is 13.1. The molecule has 144 valence electrons. The van der Waals surface area contributed by atoms with Crippen LogP contribution in [0.15, 0.2) is 30.3 Å². The van der Waals surface area contributed by atoms with Gasteiger partial charge in [-0.15, -0.1) is 10.2 Å². The van der Waals surface area contributed by atoms with E-state index in [1.54, 1.807) is 20.3 Å². The summed E-state index contributed by atoms with van der Waals surface area (Å²) < 4.78 is 10.5. The number of anilines is 1. The van der Waals surface area contributed by atoms with Crippen LogP contribution in [0.25, 0.3) is 0 Å².